The Morgan fingerprint density at radius 2 is 1.83 bits per heavy atom. The van der Waals surface area contributed by atoms with Crippen LogP contribution in [-0.4, -0.2) is 46.2 Å². The molecule has 3 heterocycles. The molecule has 156 valence electrons. The van der Waals surface area contributed by atoms with Gasteiger partial charge in [0.05, 0.1) is 10.2 Å². The van der Waals surface area contributed by atoms with E-state index in [4.69, 9.17) is 0 Å². The Morgan fingerprint density at radius 1 is 1.03 bits per heavy atom. The monoisotopic (exact) mass is 438 g/mol. The maximum absolute atomic E-state index is 11.9. The predicted octanol–water partition coefficient (Wildman–Crippen LogP) is 3.42. The summed E-state index contributed by atoms with van der Waals surface area (Å²) in [7, 11) is 1.84. The maximum Gasteiger partial charge on any atom is 0.307 e. The van der Waals surface area contributed by atoms with Gasteiger partial charge in [0.1, 0.15) is 5.66 Å². The van der Waals surface area contributed by atoms with Crippen LogP contribution in [0.25, 0.3) is 10.2 Å². The van der Waals surface area contributed by atoms with Crippen LogP contribution in [0.3, 0.4) is 0 Å². The summed E-state index contributed by atoms with van der Waals surface area (Å²) < 4.78 is 6.48. The van der Waals surface area contributed by atoms with Crippen molar-refractivity contribution >= 4 is 33.5 Å². The van der Waals surface area contributed by atoms with Crippen LogP contribution in [0, 0.1) is 0 Å². The lowest BCUT2D eigenvalue weighted by Gasteiger charge is -2.45. The Hall–Kier alpha value is -1.90. The molecule has 2 aromatic carbocycles. The van der Waals surface area contributed by atoms with Crippen molar-refractivity contribution in [2.45, 2.75) is 18.6 Å². The van der Waals surface area contributed by atoms with E-state index in [1.165, 1.54) is 22.5 Å². The molecule has 2 aliphatic heterocycles. The summed E-state index contributed by atoms with van der Waals surface area (Å²) in [5.74, 6) is 0. The van der Waals surface area contributed by atoms with Crippen molar-refractivity contribution in [1.82, 2.24) is 19.1 Å². The van der Waals surface area contributed by atoms with Gasteiger partial charge < -0.3 is 4.57 Å². The number of rotatable bonds is 5. The average Bonchev–Trinajstić information content (AvgIpc) is 3.34. The van der Waals surface area contributed by atoms with Gasteiger partial charge in [-0.1, -0.05) is 59.7 Å². The number of piperazine rings is 1. The molecule has 3 aromatic rings. The van der Waals surface area contributed by atoms with Gasteiger partial charge in [0, 0.05) is 46.2 Å². The third-order valence-corrected chi connectivity index (χ3v) is 7.90. The quantitative estimate of drug-likeness (QED) is 0.618. The van der Waals surface area contributed by atoms with Crippen LogP contribution in [0.5, 0.6) is 0 Å². The molecule has 2 aliphatic rings. The number of nitrogens with zero attached hydrogens (tertiary/aromatic N) is 3. The van der Waals surface area contributed by atoms with Gasteiger partial charge in [-0.15, -0.1) is 0 Å². The summed E-state index contributed by atoms with van der Waals surface area (Å²) in [4.78, 5) is 17.1. The zero-order valence-electron chi connectivity index (χ0n) is 17.1. The Bertz CT molecular complexity index is 1120. The number of fused-ring (bicyclic) bond motifs is 1. The van der Waals surface area contributed by atoms with Crippen LogP contribution >= 0.6 is 23.3 Å². The van der Waals surface area contributed by atoms with Gasteiger partial charge in [-0.25, -0.2) is 4.72 Å². The van der Waals surface area contributed by atoms with E-state index < -0.39 is 0 Å². The van der Waals surface area contributed by atoms with E-state index >= 15 is 0 Å². The highest BCUT2D eigenvalue weighted by atomic mass is 32.2. The predicted molar refractivity (Wildman–Crippen MR) is 127 cm³/mol. The number of nitrogens with one attached hydrogen (secondary N) is 1. The summed E-state index contributed by atoms with van der Waals surface area (Å²) in [6.07, 6.45) is 3.30. The lowest BCUT2D eigenvalue weighted by Crippen LogP contribution is -2.61. The van der Waals surface area contributed by atoms with Gasteiger partial charge in [-0.05, 0) is 34.7 Å². The van der Waals surface area contributed by atoms with Crippen LogP contribution < -0.4 is 9.60 Å². The Labute approximate surface area is 185 Å². The molecule has 0 radical (unpaired) electrons. The maximum atomic E-state index is 11.9. The fourth-order valence-corrected chi connectivity index (χ4v) is 6.22. The second-order valence-electron chi connectivity index (χ2n) is 8.10. The van der Waals surface area contributed by atoms with Crippen molar-refractivity contribution in [3.8, 4) is 0 Å². The molecule has 30 heavy (non-hydrogen) atoms. The minimum absolute atomic E-state index is 0.104. The SMILES string of the molecule is Cn1c(=O)sc2cc(CN3CCN(C4(Cc5ccccc5)C=CSN4)CC3)ccc21. The first-order valence-electron chi connectivity index (χ1n) is 10.3. The van der Waals surface area contributed by atoms with Gasteiger partial charge in [-0.3, -0.25) is 14.6 Å². The molecule has 1 fully saturated rings. The summed E-state index contributed by atoms with van der Waals surface area (Å²) in [5.41, 5.74) is 3.56. The number of thiazole rings is 1. The number of hydrogen-bond donors (Lipinski definition) is 1. The molecule has 1 saturated heterocycles. The second kappa shape index (κ2) is 8.32. The van der Waals surface area contributed by atoms with Gasteiger partial charge in [0.15, 0.2) is 0 Å². The van der Waals surface area contributed by atoms with Gasteiger partial charge in [0.2, 0.25) is 0 Å². The minimum Gasteiger partial charge on any atom is -0.302 e. The van der Waals surface area contributed by atoms with Crippen LogP contribution in [0.15, 0.2) is 64.8 Å². The number of hydrogen-bond acceptors (Lipinski definition) is 6. The zero-order valence-corrected chi connectivity index (χ0v) is 18.7. The van der Waals surface area contributed by atoms with Gasteiger partial charge in [0.25, 0.3) is 0 Å². The Morgan fingerprint density at radius 3 is 2.57 bits per heavy atom. The molecule has 0 bridgehead atoms. The van der Waals surface area contributed by atoms with Crippen molar-refractivity contribution in [1.29, 1.82) is 0 Å². The molecule has 1 aromatic heterocycles. The molecular formula is C23H26N4OS2. The second-order valence-corrected chi connectivity index (χ2v) is 9.81. The number of benzene rings is 2. The van der Waals surface area contributed by atoms with E-state index in [-0.39, 0.29) is 10.5 Å². The van der Waals surface area contributed by atoms with Crippen molar-refractivity contribution in [2.75, 3.05) is 26.2 Å². The molecule has 5 nitrogen and oxygen atoms in total. The molecule has 0 spiro atoms. The third kappa shape index (κ3) is 3.88. The normalized spacial score (nSPS) is 22.8. The van der Waals surface area contributed by atoms with Gasteiger partial charge >= 0.3 is 4.87 Å². The molecule has 0 aliphatic carbocycles. The van der Waals surface area contributed by atoms with E-state index in [0.29, 0.717) is 0 Å². The summed E-state index contributed by atoms with van der Waals surface area (Å²) in [5, 5.41) is 2.18. The van der Waals surface area contributed by atoms with E-state index in [1.807, 2.05) is 7.05 Å². The lowest BCUT2D eigenvalue weighted by atomic mass is 9.97. The first kappa shape index (κ1) is 20.0. The highest BCUT2D eigenvalue weighted by molar-refractivity contribution is 8.00. The highest BCUT2D eigenvalue weighted by Crippen LogP contribution is 2.30. The van der Waals surface area contributed by atoms with E-state index in [1.54, 1.807) is 16.5 Å². The van der Waals surface area contributed by atoms with Gasteiger partial charge in [-0.2, -0.15) is 0 Å². The summed E-state index contributed by atoms with van der Waals surface area (Å²) in [6.45, 7) is 5.08. The fourth-order valence-electron chi connectivity index (χ4n) is 4.44. The van der Waals surface area contributed by atoms with Crippen molar-refractivity contribution in [3.05, 3.63) is 80.8 Å². The van der Waals surface area contributed by atoms with E-state index in [9.17, 15) is 4.79 Å². The van der Waals surface area contributed by atoms with E-state index in [2.05, 4.69) is 74.5 Å². The van der Waals surface area contributed by atoms with Crippen molar-refractivity contribution in [3.63, 3.8) is 0 Å². The van der Waals surface area contributed by atoms with Crippen LogP contribution in [0.4, 0.5) is 0 Å². The number of aryl methyl sites for hydroxylation is 1. The van der Waals surface area contributed by atoms with Crippen LogP contribution in [-0.2, 0) is 20.0 Å². The molecule has 1 atom stereocenters. The van der Waals surface area contributed by atoms with Crippen LogP contribution in [0.2, 0.25) is 0 Å². The minimum atomic E-state index is -0.104. The lowest BCUT2D eigenvalue weighted by molar-refractivity contribution is 0.0520. The Kier molecular flexibility index (Phi) is 5.56. The topological polar surface area (TPSA) is 40.5 Å². The van der Waals surface area contributed by atoms with Crippen molar-refractivity contribution in [2.24, 2.45) is 7.05 Å². The van der Waals surface area contributed by atoms with Crippen LogP contribution in [0.1, 0.15) is 11.1 Å². The molecule has 7 heteroatoms. The largest absolute Gasteiger partial charge is 0.307 e. The third-order valence-electron chi connectivity index (χ3n) is 6.16. The molecular weight excluding hydrogens is 412 g/mol. The molecule has 5 rings (SSSR count). The number of aromatic nitrogens is 1. The summed E-state index contributed by atoms with van der Waals surface area (Å²) >= 11 is 3.02. The first-order chi connectivity index (χ1) is 14.6. The first-order valence-corrected chi connectivity index (χ1v) is 12.0. The Balaban J connectivity index is 1.25. The smallest absolute Gasteiger partial charge is 0.302 e. The standard InChI is InChI=1S/C23H26N4OS2/c1-25-20-8-7-19(15-21(20)30-22(25)28)17-26-10-12-27(13-11-26)23(9-14-29-24-23)16-18-5-3-2-4-6-18/h2-9,14-15,24H,10-13,16-17H2,1H3. The molecule has 1 N–H and O–H groups in total. The molecule has 0 saturated carbocycles. The fraction of sp³-hybridized carbons (Fsp3) is 0.348. The summed E-state index contributed by atoms with van der Waals surface area (Å²) in [6, 6.07) is 17.2. The average molecular weight is 439 g/mol. The van der Waals surface area contributed by atoms with E-state index in [0.717, 1.165) is 49.4 Å². The highest BCUT2D eigenvalue weighted by Gasteiger charge is 2.38. The molecule has 1 unspecified atom stereocenters. The zero-order chi connectivity index (χ0) is 20.6. The van der Waals surface area contributed by atoms with Crippen molar-refractivity contribution < 1.29 is 0 Å². The molecule has 0 amide bonds.